The van der Waals surface area contributed by atoms with Gasteiger partial charge in [-0.05, 0) is 90.8 Å². The van der Waals surface area contributed by atoms with Gasteiger partial charge in [-0.15, -0.1) is 0 Å². The molecule has 1 nitrogen and oxygen atoms in total. The van der Waals surface area contributed by atoms with Gasteiger partial charge in [0.2, 0.25) is 0 Å². The maximum absolute atomic E-state index is 3.82. The molecule has 4 aromatic rings. The molecule has 0 radical (unpaired) electrons. The highest BCUT2D eigenvalue weighted by Gasteiger charge is 2.28. The summed E-state index contributed by atoms with van der Waals surface area (Å²) >= 11 is 0. The van der Waals surface area contributed by atoms with Gasteiger partial charge in [0.15, 0.2) is 0 Å². The lowest BCUT2D eigenvalue weighted by Gasteiger charge is -2.35. The van der Waals surface area contributed by atoms with Crippen molar-refractivity contribution in [3.63, 3.8) is 0 Å². The maximum Gasteiger partial charge on any atom is 0.0620 e. The highest BCUT2D eigenvalue weighted by molar-refractivity contribution is 5.91. The Labute approximate surface area is 211 Å². The van der Waals surface area contributed by atoms with Crippen LogP contribution in [-0.4, -0.2) is 0 Å². The summed E-state index contributed by atoms with van der Waals surface area (Å²) in [5.74, 6) is 0. The number of hydrogen-bond donors (Lipinski definition) is 1. The topological polar surface area (TPSA) is 12.0 Å². The van der Waals surface area contributed by atoms with E-state index in [2.05, 4.69) is 143 Å². The van der Waals surface area contributed by atoms with E-state index in [4.69, 9.17) is 0 Å². The van der Waals surface area contributed by atoms with Gasteiger partial charge >= 0.3 is 0 Å². The van der Waals surface area contributed by atoms with Crippen LogP contribution in [0.1, 0.15) is 65.6 Å². The van der Waals surface area contributed by atoms with Gasteiger partial charge in [-0.1, -0.05) is 104 Å². The molecule has 0 spiro atoms. The number of hydrogen-bond acceptors (Lipinski definition) is 1. The van der Waals surface area contributed by atoms with E-state index in [0.717, 1.165) is 18.5 Å². The van der Waals surface area contributed by atoms with Crippen LogP contribution in [0.5, 0.6) is 0 Å². The fourth-order valence-corrected chi connectivity index (χ4v) is 4.75. The van der Waals surface area contributed by atoms with E-state index in [9.17, 15) is 0 Å². The third kappa shape index (κ3) is 5.57. The molecular formula is C34H37N. The SMILES string of the molecule is CCC(CC)(Nc1ccccc1)c1ccc(C=C(c2ccc(C)cc2)c2ccc(C)c(C)c2)cc1. The first-order chi connectivity index (χ1) is 16.9. The molecule has 0 amide bonds. The summed E-state index contributed by atoms with van der Waals surface area (Å²) in [6.07, 6.45) is 4.36. The van der Waals surface area contributed by atoms with Crippen LogP contribution >= 0.6 is 0 Å². The zero-order chi connectivity index (χ0) is 24.8. The number of benzene rings is 4. The van der Waals surface area contributed by atoms with Crippen LogP contribution in [0.4, 0.5) is 5.69 Å². The van der Waals surface area contributed by atoms with Gasteiger partial charge < -0.3 is 5.32 Å². The summed E-state index contributed by atoms with van der Waals surface area (Å²) in [5.41, 5.74) is 11.3. The molecule has 178 valence electrons. The first-order valence-corrected chi connectivity index (χ1v) is 12.7. The third-order valence-electron chi connectivity index (χ3n) is 7.32. The Balaban J connectivity index is 1.72. The number of anilines is 1. The Morgan fingerprint density at radius 1 is 0.686 bits per heavy atom. The van der Waals surface area contributed by atoms with Crippen LogP contribution in [0.2, 0.25) is 0 Å². The molecule has 1 heteroatoms. The van der Waals surface area contributed by atoms with Crippen LogP contribution in [0, 0.1) is 20.8 Å². The van der Waals surface area contributed by atoms with Crippen LogP contribution in [0.3, 0.4) is 0 Å². The van der Waals surface area contributed by atoms with E-state index in [1.165, 1.54) is 44.5 Å². The van der Waals surface area contributed by atoms with Gasteiger partial charge in [0.05, 0.1) is 5.54 Å². The molecule has 0 aromatic heterocycles. The van der Waals surface area contributed by atoms with Gasteiger partial charge in [0.1, 0.15) is 0 Å². The molecule has 4 rings (SSSR count). The second-order valence-electron chi connectivity index (χ2n) is 9.63. The largest absolute Gasteiger partial charge is 0.376 e. The third-order valence-corrected chi connectivity index (χ3v) is 7.32. The number of rotatable bonds is 8. The molecule has 0 bridgehead atoms. The lowest BCUT2D eigenvalue weighted by atomic mass is 9.83. The molecule has 0 fully saturated rings. The van der Waals surface area contributed by atoms with Crippen LogP contribution < -0.4 is 5.32 Å². The van der Waals surface area contributed by atoms with E-state index in [1.54, 1.807) is 0 Å². The molecule has 35 heavy (non-hydrogen) atoms. The molecule has 0 saturated carbocycles. The molecule has 0 atom stereocenters. The fourth-order valence-electron chi connectivity index (χ4n) is 4.75. The second kappa shape index (κ2) is 10.8. The molecule has 0 aliphatic carbocycles. The van der Waals surface area contributed by atoms with E-state index in [1.807, 2.05) is 0 Å². The second-order valence-corrected chi connectivity index (χ2v) is 9.63. The van der Waals surface area contributed by atoms with Crippen molar-refractivity contribution in [3.8, 4) is 0 Å². The quantitative estimate of drug-likeness (QED) is 0.259. The zero-order valence-electron chi connectivity index (χ0n) is 21.7. The van der Waals surface area contributed by atoms with Crippen molar-refractivity contribution in [2.45, 2.75) is 53.0 Å². The Kier molecular flexibility index (Phi) is 7.56. The van der Waals surface area contributed by atoms with E-state index in [-0.39, 0.29) is 5.54 Å². The summed E-state index contributed by atoms with van der Waals surface area (Å²) in [4.78, 5) is 0. The lowest BCUT2D eigenvalue weighted by Crippen LogP contribution is -2.34. The summed E-state index contributed by atoms with van der Waals surface area (Å²) in [5, 5.41) is 3.82. The Morgan fingerprint density at radius 3 is 1.91 bits per heavy atom. The minimum absolute atomic E-state index is 0.0859. The van der Waals surface area contributed by atoms with Gasteiger partial charge in [0, 0.05) is 5.69 Å². The van der Waals surface area contributed by atoms with Crippen LogP contribution in [0.25, 0.3) is 11.6 Å². The predicted molar refractivity (Wildman–Crippen MR) is 153 cm³/mol. The number of nitrogens with one attached hydrogen (secondary N) is 1. The zero-order valence-corrected chi connectivity index (χ0v) is 21.7. The van der Waals surface area contributed by atoms with Crippen molar-refractivity contribution < 1.29 is 0 Å². The first-order valence-electron chi connectivity index (χ1n) is 12.7. The molecule has 4 aromatic carbocycles. The average molecular weight is 460 g/mol. The normalized spacial score (nSPS) is 12.0. The molecule has 1 N–H and O–H groups in total. The van der Waals surface area contributed by atoms with Gasteiger partial charge in [0.25, 0.3) is 0 Å². The molecule has 0 unspecified atom stereocenters. The van der Waals surface area contributed by atoms with Gasteiger partial charge in [-0.25, -0.2) is 0 Å². The lowest BCUT2D eigenvalue weighted by molar-refractivity contribution is 0.455. The van der Waals surface area contributed by atoms with Gasteiger partial charge in [-0.3, -0.25) is 0 Å². The smallest absolute Gasteiger partial charge is 0.0620 e. The van der Waals surface area contributed by atoms with Crippen molar-refractivity contribution >= 4 is 17.3 Å². The van der Waals surface area contributed by atoms with Crippen molar-refractivity contribution in [3.05, 3.63) is 136 Å². The summed E-state index contributed by atoms with van der Waals surface area (Å²) in [6, 6.07) is 35.3. The highest BCUT2D eigenvalue weighted by atomic mass is 15.0. The van der Waals surface area contributed by atoms with Crippen molar-refractivity contribution in [2.24, 2.45) is 0 Å². The van der Waals surface area contributed by atoms with Gasteiger partial charge in [-0.2, -0.15) is 0 Å². The van der Waals surface area contributed by atoms with E-state index >= 15 is 0 Å². The maximum atomic E-state index is 3.82. The Morgan fingerprint density at radius 2 is 1.31 bits per heavy atom. The molecule has 0 aliphatic heterocycles. The monoisotopic (exact) mass is 459 g/mol. The molecule has 0 aliphatic rings. The summed E-state index contributed by atoms with van der Waals surface area (Å²) in [7, 11) is 0. The van der Waals surface area contributed by atoms with Crippen LogP contribution in [0.15, 0.2) is 97.1 Å². The fraction of sp³-hybridized carbons (Fsp3) is 0.235. The standard InChI is InChI=1S/C34H37N/c1-6-34(7-2,35-32-11-9-8-10-12-32)31-21-16-28(17-22-31)24-33(29-18-13-25(3)14-19-29)30-20-15-26(4)27(5)23-30/h8-24,35H,6-7H2,1-5H3. The molecule has 0 heterocycles. The number of aryl methyl sites for hydroxylation is 3. The first kappa shape index (κ1) is 24.5. The van der Waals surface area contributed by atoms with Crippen molar-refractivity contribution in [1.29, 1.82) is 0 Å². The van der Waals surface area contributed by atoms with E-state index in [0.29, 0.717) is 0 Å². The average Bonchev–Trinajstić information content (AvgIpc) is 2.89. The minimum Gasteiger partial charge on any atom is -0.376 e. The Hall–Kier alpha value is -3.58. The predicted octanol–water partition coefficient (Wildman–Crippen LogP) is 9.33. The van der Waals surface area contributed by atoms with Crippen LogP contribution in [-0.2, 0) is 5.54 Å². The highest BCUT2D eigenvalue weighted by Crippen LogP contribution is 2.34. The van der Waals surface area contributed by atoms with Crippen molar-refractivity contribution in [1.82, 2.24) is 0 Å². The number of para-hydroxylation sites is 1. The van der Waals surface area contributed by atoms with Crippen molar-refractivity contribution in [2.75, 3.05) is 5.32 Å². The summed E-state index contributed by atoms with van der Waals surface area (Å²) in [6.45, 7) is 11.0. The van der Waals surface area contributed by atoms with E-state index < -0.39 is 0 Å². The minimum atomic E-state index is -0.0859. The molecular weight excluding hydrogens is 422 g/mol. The Bertz CT molecular complexity index is 1280. The molecule has 0 saturated heterocycles. The summed E-state index contributed by atoms with van der Waals surface area (Å²) < 4.78 is 0.